The van der Waals surface area contributed by atoms with Gasteiger partial charge in [-0.05, 0) is 77.0 Å². The van der Waals surface area contributed by atoms with Gasteiger partial charge in [0.25, 0.3) is 0 Å². The number of hydrogen-bond donors (Lipinski definition) is 0. The second-order valence-electron chi connectivity index (χ2n) is 11.1. The van der Waals surface area contributed by atoms with Crippen LogP contribution in [0.1, 0.15) is 175 Å². The van der Waals surface area contributed by atoms with Gasteiger partial charge in [-0.3, -0.25) is 9.59 Å². The highest BCUT2D eigenvalue weighted by molar-refractivity contribution is 5.69. The molecule has 0 fully saturated rings. The predicted molar refractivity (Wildman–Crippen MR) is 189 cm³/mol. The fraction of sp³-hybridized carbons (Fsp3) is 0.744. The molecule has 252 valence electrons. The van der Waals surface area contributed by atoms with E-state index in [0.29, 0.717) is 12.8 Å². The van der Waals surface area contributed by atoms with Crippen LogP contribution in [-0.2, 0) is 19.1 Å². The van der Waals surface area contributed by atoms with Crippen LogP contribution in [0.25, 0.3) is 0 Å². The Morgan fingerprint density at radius 2 is 0.860 bits per heavy atom. The summed E-state index contributed by atoms with van der Waals surface area (Å²) in [6.45, 7) is 10.3. The molecule has 4 heteroatoms. The third kappa shape index (κ3) is 49.9. The van der Waals surface area contributed by atoms with Crippen molar-refractivity contribution in [1.29, 1.82) is 0 Å². The Balaban J connectivity index is -0.000000618. The summed E-state index contributed by atoms with van der Waals surface area (Å²) >= 11 is 0. The minimum atomic E-state index is -0.0916. The predicted octanol–water partition coefficient (Wildman–Crippen LogP) is 12.6. The van der Waals surface area contributed by atoms with Gasteiger partial charge < -0.3 is 9.47 Å². The van der Waals surface area contributed by atoms with Crippen LogP contribution in [0.15, 0.2) is 49.1 Å². The van der Waals surface area contributed by atoms with Crippen molar-refractivity contribution in [3.8, 4) is 0 Å². The molecule has 0 rings (SSSR count). The Morgan fingerprint density at radius 3 is 1.26 bits per heavy atom. The van der Waals surface area contributed by atoms with Crippen molar-refractivity contribution in [2.75, 3.05) is 14.2 Å². The number of carbonyl (C=O) groups is 2. The molecule has 0 aliphatic heterocycles. The highest BCUT2D eigenvalue weighted by atomic mass is 16.5. The summed E-state index contributed by atoms with van der Waals surface area (Å²) in [4.78, 5) is 21.6. The number of unbranched alkanes of at least 4 members (excludes halogenated alkanes) is 16. The van der Waals surface area contributed by atoms with E-state index >= 15 is 0 Å². The summed E-state index contributed by atoms with van der Waals surface area (Å²) in [6.07, 6.45) is 43.5. The number of rotatable bonds is 27. The zero-order valence-electron chi connectivity index (χ0n) is 29.4. The molecular weight excluding hydrogens is 532 g/mol. The second-order valence-corrected chi connectivity index (χ2v) is 11.1. The van der Waals surface area contributed by atoms with Gasteiger partial charge in [-0.25, -0.2) is 0 Å². The molecule has 0 saturated heterocycles. The fourth-order valence-electron chi connectivity index (χ4n) is 4.17. The minimum Gasteiger partial charge on any atom is -0.469 e. The van der Waals surface area contributed by atoms with E-state index in [9.17, 15) is 9.59 Å². The summed E-state index contributed by atoms with van der Waals surface area (Å²) in [5.74, 6) is -0.174. The molecule has 0 atom stereocenters. The van der Waals surface area contributed by atoms with Gasteiger partial charge in [0.15, 0.2) is 0 Å². The number of allylic oxidation sites excluding steroid dienone is 7. The summed E-state index contributed by atoms with van der Waals surface area (Å²) in [5.41, 5.74) is 0. The number of esters is 2. The Morgan fingerprint density at radius 1 is 0.488 bits per heavy atom. The van der Waals surface area contributed by atoms with Gasteiger partial charge in [0.05, 0.1) is 14.2 Å². The van der Waals surface area contributed by atoms with E-state index in [-0.39, 0.29) is 11.9 Å². The molecule has 0 aromatic rings. The highest BCUT2D eigenvalue weighted by Crippen LogP contribution is 2.09. The van der Waals surface area contributed by atoms with Crippen LogP contribution >= 0.6 is 0 Å². The number of carbonyl (C=O) groups excluding carboxylic acids is 2. The van der Waals surface area contributed by atoms with E-state index in [1.165, 1.54) is 117 Å². The molecule has 0 aromatic heterocycles. The monoisotopic (exact) mass is 605 g/mol. The topological polar surface area (TPSA) is 52.6 Å². The molecule has 0 saturated carbocycles. The molecule has 0 N–H and O–H groups in total. The molecule has 0 bridgehead atoms. The number of hydrogen-bond acceptors (Lipinski definition) is 4. The average Bonchev–Trinajstić information content (AvgIpc) is 3.02. The Kier molecular flexibility index (Phi) is 46.7. The number of methoxy groups -OCH3 is 2. The molecular formula is C39H72O4. The first kappa shape index (κ1) is 45.3. The molecule has 0 radical (unpaired) electrons. The van der Waals surface area contributed by atoms with E-state index in [1.54, 1.807) is 0 Å². The average molecular weight is 605 g/mol. The lowest BCUT2D eigenvalue weighted by molar-refractivity contribution is -0.141. The lowest BCUT2D eigenvalue weighted by Gasteiger charge is -1.99. The zero-order chi connectivity index (χ0) is 32.5. The van der Waals surface area contributed by atoms with Crippen molar-refractivity contribution in [3.05, 3.63) is 49.1 Å². The van der Waals surface area contributed by atoms with Crippen LogP contribution in [0.5, 0.6) is 0 Å². The third-order valence-electron chi connectivity index (χ3n) is 6.95. The Labute approximate surface area is 268 Å². The van der Waals surface area contributed by atoms with Crippen molar-refractivity contribution in [2.45, 2.75) is 175 Å². The van der Waals surface area contributed by atoms with Crippen LogP contribution in [0.2, 0.25) is 0 Å². The molecule has 43 heavy (non-hydrogen) atoms. The van der Waals surface area contributed by atoms with Gasteiger partial charge in [-0.1, -0.05) is 128 Å². The molecule has 0 amide bonds. The van der Waals surface area contributed by atoms with E-state index in [0.717, 1.165) is 38.5 Å². The largest absolute Gasteiger partial charge is 0.469 e. The normalized spacial score (nSPS) is 10.8. The van der Waals surface area contributed by atoms with Crippen LogP contribution in [0, 0.1) is 0 Å². The maximum atomic E-state index is 10.9. The van der Waals surface area contributed by atoms with Crippen molar-refractivity contribution in [3.63, 3.8) is 0 Å². The van der Waals surface area contributed by atoms with Crippen molar-refractivity contribution in [1.82, 2.24) is 0 Å². The zero-order valence-corrected chi connectivity index (χ0v) is 29.4. The van der Waals surface area contributed by atoms with E-state index in [1.807, 2.05) is 6.08 Å². The van der Waals surface area contributed by atoms with Gasteiger partial charge in [0.2, 0.25) is 0 Å². The molecule has 0 aliphatic rings. The highest BCUT2D eigenvalue weighted by Gasteiger charge is 1.99. The van der Waals surface area contributed by atoms with Gasteiger partial charge in [0, 0.05) is 12.8 Å². The van der Waals surface area contributed by atoms with Crippen LogP contribution in [0.4, 0.5) is 0 Å². The van der Waals surface area contributed by atoms with Crippen LogP contribution < -0.4 is 0 Å². The SMILES string of the molecule is C=CCCCCCCCC(=O)OC.CC/C=C/CCCCC.CCCCC/C=C\C/C=C\CCCCCCCC(=O)OC. The summed E-state index contributed by atoms with van der Waals surface area (Å²) in [6, 6.07) is 0. The lowest BCUT2D eigenvalue weighted by Crippen LogP contribution is -1.98. The second kappa shape index (κ2) is 44.3. The fourth-order valence-corrected chi connectivity index (χ4v) is 4.17. The lowest BCUT2D eigenvalue weighted by atomic mass is 10.1. The molecule has 4 nitrogen and oxygen atoms in total. The Hall–Kier alpha value is -2.10. The maximum Gasteiger partial charge on any atom is 0.305 e. The maximum absolute atomic E-state index is 10.9. The standard InChI is InChI=1S/C19H34O2.C11H20O2.C9H18/c1-3-4-5-6-7-8-9-10-11-12-13-14-15-16-17-18-19(20)21-2;1-3-4-5-6-7-8-9-10-11(12)13-2;1-3-5-7-9-8-6-4-2/h7-8,10-11H,3-6,9,12-18H2,1-2H3;3H,1,4-10H2,2H3;5,7H,3-4,6,8-9H2,1-2H3/b8-7-,11-10-;;7-5+. The molecule has 0 spiro atoms. The van der Waals surface area contributed by atoms with E-state index in [4.69, 9.17) is 0 Å². The third-order valence-corrected chi connectivity index (χ3v) is 6.95. The van der Waals surface area contributed by atoms with Crippen LogP contribution in [0.3, 0.4) is 0 Å². The van der Waals surface area contributed by atoms with Crippen molar-refractivity contribution in [2.24, 2.45) is 0 Å². The van der Waals surface area contributed by atoms with Gasteiger partial charge >= 0.3 is 11.9 Å². The van der Waals surface area contributed by atoms with Crippen molar-refractivity contribution < 1.29 is 19.1 Å². The Bertz CT molecular complexity index is 648. The van der Waals surface area contributed by atoms with E-state index in [2.05, 4.69) is 73.3 Å². The molecule has 0 heterocycles. The van der Waals surface area contributed by atoms with Crippen molar-refractivity contribution >= 4 is 11.9 Å². The minimum absolute atomic E-state index is 0.0827. The van der Waals surface area contributed by atoms with Gasteiger partial charge in [0.1, 0.15) is 0 Å². The molecule has 0 unspecified atom stereocenters. The molecule has 0 aromatic carbocycles. The first-order valence-corrected chi connectivity index (χ1v) is 17.7. The first-order valence-electron chi connectivity index (χ1n) is 17.7. The van der Waals surface area contributed by atoms with E-state index < -0.39 is 0 Å². The van der Waals surface area contributed by atoms with Crippen LogP contribution in [-0.4, -0.2) is 26.2 Å². The quantitative estimate of drug-likeness (QED) is 0.0531. The summed E-state index contributed by atoms with van der Waals surface area (Å²) < 4.78 is 9.16. The molecule has 0 aliphatic carbocycles. The first-order chi connectivity index (χ1) is 21.0. The smallest absolute Gasteiger partial charge is 0.305 e. The summed E-state index contributed by atoms with van der Waals surface area (Å²) in [5, 5.41) is 0. The number of ether oxygens (including phenoxy) is 2. The van der Waals surface area contributed by atoms with Gasteiger partial charge in [-0.15, -0.1) is 6.58 Å². The summed E-state index contributed by atoms with van der Waals surface area (Å²) in [7, 11) is 2.89. The van der Waals surface area contributed by atoms with Gasteiger partial charge in [-0.2, -0.15) is 0 Å².